The number of aryl methyl sites for hydroxylation is 1. The Labute approximate surface area is 113 Å². The van der Waals surface area contributed by atoms with Gasteiger partial charge in [0.1, 0.15) is 11.9 Å². The molecule has 4 nitrogen and oxygen atoms in total. The maximum absolute atomic E-state index is 6.03. The van der Waals surface area contributed by atoms with Crippen LogP contribution in [0, 0.1) is 0 Å². The summed E-state index contributed by atoms with van der Waals surface area (Å²) >= 11 is 9.44. The SMILES string of the molecule is Cn1ccnc1C(NN)c1cc(Cl)cc(Br)c1. The molecule has 0 saturated carbocycles. The summed E-state index contributed by atoms with van der Waals surface area (Å²) in [5, 5.41) is 0.656. The summed E-state index contributed by atoms with van der Waals surface area (Å²) in [4.78, 5) is 4.28. The van der Waals surface area contributed by atoms with Gasteiger partial charge in [0.25, 0.3) is 0 Å². The Kier molecular flexibility index (Phi) is 3.83. The molecule has 0 fully saturated rings. The monoisotopic (exact) mass is 314 g/mol. The second kappa shape index (κ2) is 5.18. The molecule has 1 aromatic carbocycles. The normalized spacial score (nSPS) is 12.7. The molecule has 17 heavy (non-hydrogen) atoms. The van der Waals surface area contributed by atoms with Gasteiger partial charge >= 0.3 is 0 Å². The molecule has 0 saturated heterocycles. The first-order chi connectivity index (χ1) is 8.11. The van der Waals surface area contributed by atoms with Crippen molar-refractivity contribution in [3.8, 4) is 0 Å². The van der Waals surface area contributed by atoms with E-state index in [1.807, 2.05) is 36.0 Å². The average Bonchev–Trinajstić information content (AvgIpc) is 2.65. The largest absolute Gasteiger partial charge is 0.336 e. The minimum absolute atomic E-state index is 0.190. The Morgan fingerprint density at radius 3 is 2.76 bits per heavy atom. The summed E-state index contributed by atoms with van der Waals surface area (Å²) in [5.41, 5.74) is 3.71. The van der Waals surface area contributed by atoms with E-state index in [1.165, 1.54) is 0 Å². The van der Waals surface area contributed by atoms with Crippen LogP contribution in [0.25, 0.3) is 0 Å². The first-order valence-electron chi connectivity index (χ1n) is 5.01. The molecular formula is C11H12BrClN4. The number of imidazole rings is 1. The summed E-state index contributed by atoms with van der Waals surface area (Å²) < 4.78 is 2.83. The van der Waals surface area contributed by atoms with Gasteiger partial charge in [0.2, 0.25) is 0 Å². The highest BCUT2D eigenvalue weighted by Crippen LogP contribution is 2.26. The Balaban J connectivity index is 2.45. The summed E-state index contributed by atoms with van der Waals surface area (Å²) in [6.07, 6.45) is 3.61. The highest BCUT2D eigenvalue weighted by atomic mass is 79.9. The van der Waals surface area contributed by atoms with E-state index in [9.17, 15) is 0 Å². The van der Waals surface area contributed by atoms with Crippen molar-refractivity contribution >= 4 is 27.5 Å². The molecule has 0 bridgehead atoms. The zero-order chi connectivity index (χ0) is 12.4. The molecule has 0 aliphatic rings. The van der Waals surface area contributed by atoms with Crippen molar-refractivity contribution in [2.45, 2.75) is 6.04 Å². The highest BCUT2D eigenvalue weighted by Gasteiger charge is 2.17. The van der Waals surface area contributed by atoms with Crippen LogP contribution in [0.2, 0.25) is 5.02 Å². The highest BCUT2D eigenvalue weighted by molar-refractivity contribution is 9.10. The molecule has 0 aliphatic carbocycles. The van der Waals surface area contributed by atoms with Gasteiger partial charge in [-0.2, -0.15) is 0 Å². The zero-order valence-electron chi connectivity index (χ0n) is 9.19. The van der Waals surface area contributed by atoms with E-state index in [0.717, 1.165) is 15.9 Å². The van der Waals surface area contributed by atoms with E-state index in [1.54, 1.807) is 6.20 Å². The minimum Gasteiger partial charge on any atom is -0.336 e. The van der Waals surface area contributed by atoms with Crippen molar-refractivity contribution in [1.29, 1.82) is 0 Å². The molecular weight excluding hydrogens is 304 g/mol. The third kappa shape index (κ3) is 2.69. The van der Waals surface area contributed by atoms with Gasteiger partial charge in [0.15, 0.2) is 0 Å². The van der Waals surface area contributed by atoms with Crippen molar-refractivity contribution in [2.24, 2.45) is 12.9 Å². The lowest BCUT2D eigenvalue weighted by Gasteiger charge is -2.16. The zero-order valence-corrected chi connectivity index (χ0v) is 11.5. The summed E-state index contributed by atoms with van der Waals surface area (Å²) in [7, 11) is 1.92. The Morgan fingerprint density at radius 2 is 2.24 bits per heavy atom. The van der Waals surface area contributed by atoms with E-state index in [0.29, 0.717) is 5.02 Å². The number of rotatable bonds is 3. The Bertz CT molecular complexity index is 506. The second-order valence-electron chi connectivity index (χ2n) is 3.70. The van der Waals surface area contributed by atoms with Crippen LogP contribution in [-0.2, 0) is 7.05 Å². The molecule has 1 aromatic heterocycles. The van der Waals surface area contributed by atoms with E-state index in [2.05, 4.69) is 26.3 Å². The van der Waals surface area contributed by atoms with Crippen LogP contribution in [0.4, 0.5) is 0 Å². The van der Waals surface area contributed by atoms with Gasteiger partial charge in [-0.05, 0) is 23.8 Å². The van der Waals surface area contributed by atoms with Crippen LogP contribution in [0.5, 0.6) is 0 Å². The van der Waals surface area contributed by atoms with Crippen LogP contribution < -0.4 is 11.3 Å². The van der Waals surface area contributed by atoms with Gasteiger partial charge in [-0.3, -0.25) is 5.84 Å². The molecule has 0 amide bonds. The van der Waals surface area contributed by atoms with Crippen LogP contribution in [-0.4, -0.2) is 9.55 Å². The van der Waals surface area contributed by atoms with Crippen molar-refractivity contribution in [2.75, 3.05) is 0 Å². The van der Waals surface area contributed by atoms with Gasteiger partial charge in [-0.1, -0.05) is 27.5 Å². The van der Waals surface area contributed by atoms with Gasteiger partial charge in [-0.25, -0.2) is 10.4 Å². The van der Waals surface area contributed by atoms with E-state index in [-0.39, 0.29) is 6.04 Å². The summed E-state index contributed by atoms with van der Waals surface area (Å²) in [5.74, 6) is 6.44. The predicted molar refractivity (Wildman–Crippen MR) is 71.5 cm³/mol. The topological polar surface area (TPSA) is 55.9 Å². The molecule has 0 spiro atoms. The Morgan fingerprint density at radius 1 is 1.47 bits per heavy atom. The number of nitrogens with two attached hydrogens (primary N) is 1. The van der Waals surface area contributed by atoms with Gasteiger partial charge in [-0.15, -0.1) is 0 Å². The number of hydrogen-bond acceptors (Lipinski definition) is 3. The maximum atomic E-state index is 6.03. The number of hydrogen-bond donors (Lipinski definition) is 2. The van der Waals surface area contributed by atoms with E-state index in [4.69, 9.17) is 17.4 Å². The molecule has 0 aliphatic heterocycles. The molecule has 6 heteroatoms. The number of benzene rings is 1. The lowest BCUT2D eigenvalue weighted by Crippen LogP contribution is -2.30. The fraction of sp³-hybridized carbons (Fsp3) is 0.182. The quantitative estimate of drug-likeness (QED) is 0.675. The third-order valence-corrected chi connectivity index (χ3v) is 3.18. The minimum atomic E-state index is -0.190. The smallest absolute Gasteiger partial charge is 0.131 e. The van der Waals surface area contributed by atoms with Crippen molar-refractivity contribution in [3.05, 3.63) is 51.5 Å². The van der Waals surface area contributed by atoms with Crippen molar-refractivity contribution < 1.29 is 0 Å². The van der Waals surface area contributed by atoms with Crippen LogP contribution in [0.3, 0.4) is 0 Å². The summed E-state index contributed by atoms with van der Waals surface area (Å²) in [6.45, 7) is 0. The molecule has 1 unspecified atom stereocenters. The molecule has 2 aromatic rings. The molecule has 3 N–H and O–H groups in total. The number of hydrazine groups is 1. The number of halogens is 2. The molecule has 1 atom stereocenters. The predicted octanol–water partition coefficient (Wildman–Crippen LogP) is 2.39. The average molecular weight is 316 g/mol. The first-order valence-corrected chi connectivity index (χ1v) is 6.18. The fourth-order valence-electron chi connectivity index (χ4n) is 1.72. The molecule has 1 heterocycles. The molecule has 90 valence electrons. The van der Waals surface area contributed by atoms with Gasteiger partial charge in [0, 0.05) is 28.9 Å². The van der Waals surface area contributed by atoms with Crippen LogP contribution in [0.1, 0.15) is 17.4 Å². The standard InChI is InChI=1S/C11H12BrClN4/c1-17-3-2-15-11(17)10(16-14)7-4-8(12)6-9(13)5-7/h2-6,10,16H,14H2,1H3. The summed E-state index contributed by atoms with van der Waals surface area (Å²) in [6, 6.07) is 5.47. The van der Waals surface area contributed by atoms with E-state index >= 15 is 0 Å². The lowest BCUT2D eigenvalue weighted by molar-refractivity contribution is 0.580. The molecule has 0 radical (unpaired) electrons. The first kappa shape index (κ1) is 12.6. The number of aromatic nitrogens is 2. The number of nitrogens with zero attached hydrogens (tertiary/aromatic N) is 2. The number of nitrogens with one attached hydrogen (secondary N) is 1. The second-order valence-corrected chi connectivity index (χ2v) is 5.05. The van der Waals surface area contributed by atoms with Crippen molar-refractivity contribution in [1.82, 2.24) is 15.0 Å². The Hall–Kier alpha value is -0.880. The van der Waals surface area contributed by atoms with Gasteiger partial charge in [0.05, 0.1) is 0 Å². The lowest BCUT2D eigenvalue weighted by atomic mass is 10.1. The molecule has 2 rings (SSSR count). The third-order valence-electron chi connectivity index (χ3n) is 2.50. The maximum Gasteiger partial charge on any atom is 0.131 e. The fourth-order valence-corrected chi connectivity index (χ4v) is 2.60. The van der Waals surface area contributed by atoms with Crippen LogP contribution >= 0.6 is 27.5 Å². The van der Waals surface area contributed by atoms with E-state index < -0.39 is 0 Å². The van der Waals surface area contributed by atoms with Crippen molar-refractivity contribution in [3.63, 3.8) is 0 Å². The van der Waals surface area contributed by atoms with Crippen LogP contribution in [0.15, 0.2) is 35.1 Å². The van der Waals surface area contributed by atoms with Gasteiger partial charge < -0.3 is 4.57 Å².